The molecule has 1 aliphatic rings. The van der Waals surface area contributed by atoms with Crippen molar-refractivity contribution in [3.8, 4) is 0 Å². The minimum Gasteiger partial charge on any atom is -0.388 e. The van der Waals surface area contributed by atoms with Crippen molar-refractivity contribution in [1.29, 1.82) is 0 Å². The normalized spacial score (nSPS) is 16.8. The van der Waals surface area contributed by atoms with E-state index in [9.17, 15) is 14.7 Å². The Morgan fingerprint density at radius 2 is 2.17 bits per heavy atom. The molecule has 2 rings (SSSR count). The molecular formula is C17H26N2O3S. The lowest BCUT2D eigenvalue weighted by Crippen LogP contribution is -2.44. The molecule has 2 amide bonds. The number of carbonyl (C=O) groups is 2. The van der Waals surface area contributed by atoms with Gasteiger partial charge in [-0.1, -0.05) is 13.8 Å². The van der Waals surface area contributed by atoms with E-state index >= 15 is 0 Å². The molecular weight excluding hydrogens is 312 g/mol. The zero-order valence-corrected chi connectivity index (χ0v) is 14.9. The lowest BCUT2D eigenvalue weighted by Gasteiger charge is -2.28. The van der Waals surface area contributed by atoms with E-state index in [1.54, 1.807) is 18.3 Å². The van der Waals surface area contributed by atoms with Gasteiger partial charge in [-0.25, -0.2) is 0 Å². The van der Waals surface area contributed by atoms with E-state index in [4.69, 9.17) is 0 Å². The van der Waals surface area contributed by atoms with Crippen molar-refractivity contribution in [3.05, 3.63) is 21.9 Å². The van der Waals surface area contributed by atoms with Gasteiger partial charge in [0, 0.05) is 37.4 Å². The Bertz CT molecular complexity index is 566. The van der Waals surface area contributed by atoms with Gasteiger partial charge in [0.05, 0.1) is 5.60 Å². The number of rotatable bonds is 6. The summed E-state index contributed by atoms with van der Waals surface area (Å²) in [5.74, 6) is -0.113. The average Bonchev–Trinajstić information content (AvgIpc) is 2.97. The summed E-state index contributed by atoms with van der Waals surface area (Å²) < 4.78 is 0. The molecule has 2 heterocycles. The third kappa shape index (κ3) is 4.78. The lowest BCUT2D eigenvalue weighted by atomic mass is 9.92. The van der Waals surface area contributed by atoms with Gasteiger partial charge >= 0.3 is 0 Å². The first kappa shape index (κ1) is 17.9. The molecule has 2 N–H and O–H groups in total. The summed E-state index contributed by atoms with van der Waals surface area (Å²) in [6, 6.07) is 2.07. The van der Waals surface area contributed by atoms with Crippen molar-refractivity contribution >= 4 is 23.2 Å². The predicted octanol–water partition coefficient (Wildman–Crippen LogP) is 1.94. The summed E-state index contributed by atoms with van der Waals surface area (Å²) in [6.07, 6.45) is 1.29. The van der Waals surface area contributed by atoms with Crippen LogP contribution in [-0.2, 0) is 22.6 Å². The molecule has 1 aromatic heterocycles. The van der Waals surface area contributed by atoms with Gasteiger partial charge in [0.1, 0.15) is 0 Å². The smallest absolute Gasteiger partial charge is 0.223 e. The molecule has 1 atom stereocenters. The highest BCUT2D eigenvalue weighted by Crippen LogP contribution is 2.24. The largest absolute Gasteiger partial charge is 0.388 e. The molecule has 1 aliphatic heterocycles. The van der Waals surface area contributed by atoms with Gasteiger partial charge in [-0.3, -0.25) is 9.59 Å². The fourth-order valence-electron chi connectivity index (χ4n) is 2.41. The number of thiophene rings is 1. The number of aliphatic hydroxyl groups is 1. The van der Waals surface area contributed by atoms with Crippen molar-refractivity contribution in [2.75, 3.05) is 13.1 Å². The third-order valence-corrected chi connectivity index (χ3v) is 5.64. The second kappa shape index (κ2) is 7.45. The van der Waals surface area contributed by atoms with E-state index in [1.807, 2.05) is 18.7 Å². The number of fused-ring (bicyclic) bond motifs is 1. The maximum absolute atomic E-state index is 12.2. The van der Waals surface area contributed by atoms with Crippen LogP contribution in [0.15, 0.2) is 11.4 Å². The van der Waals surface area contributed by atoms with Crippen LogP contribution >= 0.6 is 11.3 Å². The molecule has 5 nitrogen and oxygen atoms in total. The molecule has 0 aliphatic carbocycles. The van der Waals surface area contributed by atoms with Crippen LogP contribution in [0.25, 0.3) is 0 Å². The number of carbonyl (C=O) groups excluding carboxylic acids is 2. The average molecular weight is 338 g/mol. The first-order valence-corrected chi connectivity index (χ1v) is 8.99. The Hall–Kier alpha value is -1.40. The highest BCUT2D eigenvalue weighted by Gasteiger charge is 2.26. The molecule has 0 bridgehead atoms. The molecule has 1 aromatic rings. The quantitative estimate of drug-likeness (QED) is 0.833. The van der Waals surface area contributed by atoms with Gasteiger partial charge in [-0.15, -0.1) is 11.3 Å². The molecule has 0 saturated heterocycles. The van der Waals surface area contributed by atoms with Gasteiger partial charge in [-0.05, 0) is 36.3 Å². The van der Waals surface area contributed by atoms with Gasteiger partial charge in [0.2, 0.25) is 11.8 Å². The Balaban J connectivity index is 1.73. The molecule has 0 spiro atoms. The molecule has 128 valence electrons. The van der Waals surface area contributed by atoms with Crippen molar-refractivity contribution in [2.45, 2.75) is 52.2 Å². The van der Waals surface area contributed by atoms with E-state index in [0.29, 0.717) is 6.54 Å². The Kier molecular flexibility index (Phi) is 5.81. The Morgan fingerprint density at radius 3 is 2.87 bits per heavy atom. The zero-order valence-electron chi connectivity index (χ0n) is 14.1. The first-order valence-electron chi connectivity index (χ1n) is 8.11. The maximum Gasteiger partial charge on any atom is 0.223 e. The second-order valence-corrected chi connectivity index (χ2v) is 7.72. The maximum atomic E-state index is 12.2. The molecule has 0 aromatic carbocycles. The van der Waals surface area contributed by atoms with Crippen LogP contribution in [0.2, 0.25) is 0 Å². The molecule has 0 fully saturated rings. The van der Waals surface area contributed by atoms with E-state index < -0.39 is 5.60 Å². The number of amides is 2. The van der Waals surface area contributed by atoms with Crippen LogP contribution in [0, 0.1) is 5.92 Å². The van der Waals surface area contributed by atoms with Crippen molar-refractivity contribution in [1.82, 2.24) is 10.2 Å². The van der Waals surface area contributed by atoms with Gasteiger partial charge in [-0.2, -0.15) is 0 Å². The minimum atomic E-state index is -0.929. The number of hydrogen-bond donors (Lipinski definition) is 2. The monoisotopic (exact) mass is 338 g/mol. The summed E-state index contributed by atoms with van der Waals surface area (Å²) in [7, 11) is 0. The standard InChI is InChI=1S/C17H26N2O3S/c1-12(2)17(3,22)11-18-15(20)4-5-16(21)19-8-6-14-13(10-19)7-9-23-14/h7,9,12,22H,4-6,8,10-11H2,1-3H3,(H,18,20). The predicted molar refractivity (Wildman–Crippen MR) is 91.1 cm³/mol. The van der Waals surface area contributed by atoms with Crippen molar-refractivity contribution in [3.63, 3.8) is 0 Å². The van der Waals surface area contributed by atoms with Crippen LogP contribution in [0.4, 0.5) is 0 Å². The van der Waals surface area contributed by atoms with Gasteiger partial charge in [0.15, 0.2) is 0 Å². The molecule has 23 heavy (non-hydrogen) atoms. The van der Waals surface area contributed by atoms with Crippen LogP contribution in [0.5, 0.6) is 0 Å². The number of nitrogens with one attached hydrogen (secondary N) is 1. The molecule has 1 unspecified atom stereocenters. The number of nitrogens with zero attached hydrogens (tertiary/aromatic N) is 1. The van der Waals surface area contributed by atoms with Gasteiger partial charge < -0.3 is 15.3 Å². The van der Waals surface area contributed by atoms with Gasteiger partial charge in [0.25, 0.3) is 0 Å². The highest BCUT2D eigenvalue weighted by atomic mass is 32.1. The van der Waals surface area contributed by atoms with Crippen molar-refractivity contribution < 1.29 is 14.7 Å². The van der Waals surface area contributed by atoms with E-state index in [1.165, 1.54) is 10.4 Å². The topological polar surface area (TPSA) is 69.6 Å². The summed E-state index contributed by atoms with van der Waals surface area (Å²) in [5, 5.41) is 14.9. The van der Waals surface area contributed by atoms with Crippen molar-refractivity contribution in [2.24, 2.45) is 5.92 Å². The fraction of sp³-hybridized carbons (Fsp3) is 0.647. The first-order chi connectivity index (χ1) is 10.8. The summed E-state index contributed by atoms with van der Waals surface area (Å²) in [5.41, 5.74) is 0.300. The van der Waals surface area contributed by atoms with E-state index in [2.05, 4.69) is 16.8 Å². The molecule has 0 radical (unpaired) electrons. The zero-order chi connectivity index (χ0) is 17.0. The fourth-order valence-corrected chi connectivity index (χ4v) is 3.30. The van der Waals surface area contributed by atoms with Crippen LogP contribution in [0.3, 0.4) is 0 Å². The second-order valence-electron chi connectivity index (χ2n) is 6.72. The summed E-state index contributed by atoms with van der Waals surface area (Å²) >= 11 is 1.74. The molecule has 6 heteroatoms. The summed E-state index contributed by atoms with van der Waals surface area (Å²) in [6.45, 7) is 7.11. The SMILES string of the molecule is CC(C)C(C)(O)CNC(=O)CCC(=O)N1CCc2sccc2C1. The van der Waals surface area contributed by atoms with Crippen LogP contribution in [0.1, 0.15) is 44.1 Å². The minimum absolute atomic E-state index is 0.0209. The Labute approximate surface area is 141 Å². The number of hydrogen-bond acceptors (Lipinski definition) is 4. The highest BCUT2D eigenvalue weighted by molar-refractivity contribution is 7.10. The molecule has 0 saturated carbocycles. The van der Waals surface area contributed by atoms with E-state index in [-0.39, 0.29) is 37.1 Å². The Morgan fingerprint density at radius 1 is 1.43 bits per heavy atom. The lowest BCUT2D eigenvalue weighted by molar-refractivity contribution is -0.134. The summed E-state index contributed by atoms with van der Waals surface area (Å²) in [4.78, 5) is 27.3. The third-order valence-electron chi connectivity index (χ3n) is 4.61. The van der Waals surface area contributed by atoms with E-state index in [0.717, 1.165) is 13.0 Å². The van der Waals surface area contributed by atoms with Crippen LogP contribution < -0.4 is 5.32 Å². The van der Waals surface area contributed by atoms with Crippen LogP contribution in [-0.4, -0.2) is 40.5 Å².